The summed E-state index contributed by atoms with van der Waals surface area (Å²) in [7, 11) is -3.58. The highest BCUT2D eigenvalue weighted by atomic mass is 35.5. The lowest BCUT2D eigenvalue weighted by Gasteiger charge is -2.06. The summed E-state index contributed by atoms with van der Waals surface area (Å²) in [6, 6.07) is 15.2. The first kappa shape index (κ1) is 15.7. The molecule has 1 N–H and O–H groups in total. The molecule has 110 valence electrons. The van der Waals surface area contributed by atoms with Crippen molar-refractivity contribution in [1.29, 1.82) is 0 Å². The quantitative estimate of drug-likeness (QED) is 0.831. The van der Waals surface area contributed by atoms with Crippen LogP contribution < -0.4 is 4.72 Å². The third-order valence-corrected chi connectivity index (χ3v) is 4.33. The molecular formula is C15H14ClNO3S. The Bertz CT molecular complexity index is 730. The lowest BCUT2D eigenvalue weighted by molar-refractivity contribution is 0.0997. The molecule has 0 aromatic heterocycles. The minimum atomic E-state index is -3.58. The van der Waals surface area contributed by atoms with E-state index in [0.717, 1.165) is 0 Å². The summed E-state index contributed by atoms with van der Waals surface area (Å²) in [5, 5.41) is 0.475. The minimum absolute atomic E-state index is 0.213. The van der Waals surface area contributed by atoms with Gasteiger partial charge < -0.3 is 0 Å². The Morgan fingerprint density at radius 3 is 2.43 bits per heavy atom. The van der Waals surface area contributed by atoms with Gasteiger partial charge >= 0.3 is 0 Å². The van der Waals surface area contributed by atoms with Crippen molar-refractivity contribution in [1.82, 2.24) is 4.72 Å². The standard InChI is InChI=1S/C15H14ClNO3S/c16-14-8-4-5-12(9-14)11-21(19,20)17-10-15(18)13-6-2-1-3-7-13/h1-9,17H,10-11H2. The van der Waals surface area contributed by atoms with Gasteiger partial charge in [-0.25, -0.2) is 13.1 Å². The van der Waals surface area contributed by atoms with Crippen LogP contribution >= 0.6 is 11.6 Å². The number of ketones is 1. The number of carbonyl (C=O) groups is 1. The average Bonchev–Trinajstić information content (AvgIpc) is 2.45. The van der Waals surface area contributed by atoms with Crippen LogP contribution in [0.1, 0.15) is 15.9 Å². The van der Waals surface area contributed by atoms with Crippen LogP contribution in [-0.4, -0.2) is 20.7 Å². The molecule has 2 aromatic rings. The lowest BCUT2D eigenvalue weighted by atomic mass is 10.1. The van der Waals surface area contributed by atoms with Crippen molar-refractivity contribution in [3.8, 4) is 0 Å². The van der Waals surface area contributed by atoms with Crippen LogP contribution in [0.5, 0.6) is 0 Å². The molecule has 0 aliphatic carbocycles. The summed E-state index contributed by atoms with van der Waals surface area (Å²) in [6.07, 6.45) is 0. The number of Topliss-reactive ketones (excluding diaryl/α,β-unsaturated/α-hetero) is 1. The SMILES string of the molecule is O=C(CNS(=O)(=O)Cc1cccc(Cl)c1)c1ccccc1. The molecule has 0 heterocycles. The van der Waals surface area contributed by atoms with Crippen molar-refractivity contribution in [2.24, 2.45) is 0 Å². The molecule has 0 fully saturated rings. The van der Waals surface area contributed by atoms with E-state index in [1.165, 1.54) is 0 Å². The summed E-state index contributed by atoms with van der Waals surface area (Å²) in [5.41, 5.74) is 1.05. The number of benzene rings is 2. The summed E-state index contributed by atoms with van der Waals surface area (Å²) in [6.45, 7) is -0.257. The number of halogens is 1. The highest BCUT2D eigenvalue weighted by molar-refractivity contribution is 7.88. The Balaban J connectivity index is 1.97. The van der Waals surface area contributed by atoms with E-state index in [0.29, 0.717) is 16.1 Å². The molecule has 0 saturated heterocycles. The van der Waals surface area contributed by atoms with Gasteiger partial charge in [0.05, 0.1) is 12.3 Å². The second kappa shape index (κ2) is 6.85. The molecule has 0 aliphatic rings. The van der Waals surface area contributed by atoms with E-state index in [2.05, 4.69) is 4.72 Å². The predicted molar refractivity (Wildman–Crippen MR) is 82.9 cm³/mol. The van der Waals surface area contributed by atoms with Crippen molar-refractivity contribution < 1.29 is 13.2 Å². The maximum absolute atomic E-state index is 11.9. The zero-order chi connectivity index (χ0) is 15.3. The number of rotatable bonds is 6. The molecule has 0 saturated carbocycles. The van der Waals surface area contributed by atoms with Crippen molar-refractivity contribution in [2.45, 2.75) is 5.75 Å². The van der Waals surface area contributed by atoms with Gasteiger partial charge in [-0.1, -0.05) is 54.1 Å². The summed E-state index contributed by atoms with van der Waals surface area (Å²) >= 11 is 5.81. The molecule has 0 aliphatic heterocycles. The van der Waals surface area contributed by atoms with Crippen LogP contribution in [0.4, 0.5) is 0 Å². The molecule has 0 spiro atoms. The fraction of sp³-hybridized carbons (Fsp3) is 0.133. The number of sulfonamides is 1. The highest BCUT2D eigenvalue weighted by Gasteiger charge is 2.14. The van der Waals surface area contributed by atoms with Crippen LogP contribution in [0.2, 0.25) is 5.02 Å². The number of hydrogen-bond donors (Lipinski definition) is 1. The Morgan fingerprint density at radius 2 is 1.76 bits per heavy atom. The van der Waals surface area contributed by atoms with Gasteiger partial charge in [0, 0.05) is 10.6 Å². The van der Waals surface area contributed by atoms with Crippen LogP contribution in [0.25, 0.3) is 0 Å². The minimum Gasteiger partial charge on any atom is -0.293 e. The smallest absolute Gasteiger partial charge is 0.216 e. The Hall–Kier alpha value is -1.69. The van der Waals surface area contributed by atoms with E-state index < -0.39 is 10.0 Å². The van der Waals surface area contributed by atoms with Gasteiger partial charge in [-0.05, 0) is 17.7 Å². The normalized spacial score (nSPS) is 11.3. The maximum Gasteiger partial charge on any atom is 0.216 e. The van der Waals surface area contributed by atoms with Crippen molar-refractivity contribution >= 4 is 27.4 Å². The van der Waals surface area contributed by atoms with Crippen molar-refractivity contribution in [3.63, 3.8) is 0 Å². The molecule has 4 nitrogen and oxygen atoms in total. The largest absolute Gasteiger partial charge is 0.293 e. The van der Waals surface area contributed by atoms with Gasteiger partial charge in [0.25, 0.3) is 0 Å². The number of carbonyl (C=O) groups excluding carboxylic acids is 1. The summed E-state index contributed by atoms with van der Waals surface area (Å²) in [5.74, 6) is -0.486. The molecule has 2 rings (SSSR count). The van der Waals surface area contributed by atoms with E-state index in [9.17, 15) is 13.2 Å². The predicted octanol–water partition coefficient (Wildman–Crippen LogP) is 2.64. The molecule has 0 atom stereocenters. The highest BCUT2D eigenvalue weighted by Crippen LogP contribution is 2.12. The van der Waals surface area contributed by atoms with Crippen LogP contribution in [-0.2, 0) is 15.8 Å². The van der Waals surface area contributed by atoms with E-state index in [1.54, 1.807) is 54.6 Å². The molecule has 2 aromatic carbocycles. The first-order valence-electron chi connectivity index (χ1n) is 6.26. The van der Waals surface area contributed by atoms with Gasteiger partial charge in [0.2, 0.25) is 10.0 Å². The summed E-state index contributed by atoms with van der Waals surface area (Å²) < 4.78 is 26.2. The summed E-state index contributed by atoms with van der Waals surface area (Å²) in [4.78, 5) is 11.8. The molecule has 0 unspecified atom stereocenters. The van der Waals surface area contributed by atoms with Crippen molar-refractivity contribution in [3.05, 3.63) is 70.7 Å². The monoisotopic (exact) mass is 323 g/mol. The zero-order valence-corrected chi connectivity index (χ0v) is 12.7. The Morgan fingerprint density at radius 1 is 1.05 bits per heavy atom. The fourth-order valence-corrected chi connectivity index (χ4v) is 3.08. The van der Waals surface area contributed by atoms with Crippen LogP contribution in [0.15, 0.2) is 54.6 Å². The molecule has 0 bridgehead atoms. The third-order valence-electron chi connectivity index (χ3n) is 2.79. The maximum atomic E-state index is 11.9. The topological polar surface area (TPSA) is 63.2 Å². The average molecular weight is 324 g/mol. The lowest BCUT2D eigenvalue weighted by Crippen LogP contribution is -2.30. The van der Waals surface area contributed by atoms with E-state index in [4.69, 9.17) is 11.6 Å². The second-order valence-electron chi connectivity index (χ2n) is 4.50. The van der Waals surface area contributed by atoms with Crippen molar-refractivity contribution in [2.75, 3.05) is 6.54 Å². The van der Waals surface area contributed by atoms with E-state index in [-0.39, 0.29) is 18.1 Å². The molecular weight excluding hydrogens is 310 g/mol. The van der Waals surface area contributed by atoms with E-state index >= 15 is 0 Å². The first-order valence-corrected chi connectivity index (χ1v) is 8.29. The van der Waals surface area contributed by atoms with Gasteiger partial charge in [0.15, 0.2) is 5.78 Å². The van der Waals surface area contributed by atoms with E-state index in [1.807, 2.05) is 0 Å². The first-order chi connectivity index (χ1) is 9.96. The fourth-order valence-electron chi connectivity index (χ4n) is 1.80. The molecule has 0 radical (unpaired) electrons. The zero-order valence-electron chi connectivity index (χ0n) is 11.1. The van der Waals surface area contributed by atoms with Crippen LogP contribution in [0, 0.1) is 0 Å². The second-order valence-corrected chi connectivity index (χ2v) is 6.74. The van der Waals surface area contributed by atoms with Gasteiger partial charge in [-0.3, -0.25) is 4.79 Å². The van der Waals surface area contributed by atoms with Gasteiger partial charge in [-0.15, -0.1) is 0 Å². The Kier molecular flexibility index (Phi) is 5.12. The number of hydrogen-bond acceptors (Lipinski definition) is 3. The van der Waals surface area contributed by atoms with Gasteiger partial charge in [0.1, 0.15) is 0 Å². The third kappa shape index (κ3) is 4.97. The molecule has 21 heavy (non-hydrogen) atoms. The van der Waals surface area contributed by atoms with Crippen LogP contribution in [0.3, 0.4) is 0 Å². The molecule has 6 heteroatoms. The molecule has 0 amide bonds. The Labute approximate surface area is 128 Å². The van der Waals surface area contributed by atoms with Gasteiger partial charge in [-0.2, -0.15) is 0 Å². The number of nitrogens with one attached hydrogen (secondary N) is 1.